The molecular formula is C15H14N2O3S. The molecule has 6 heteroatoms. The maximum atomic E-state index is 12.9. The first-order chi connectivity index (χ1) is 10.1. The number of carbonyl (C=O) groups excluding carboxylic acids is 1. The van der Waals surface area contributed by atoms with Crippen LogP contribution in [0.3, 0.4) is 0 Å². The van der Waals surface area contributed by atoms with Gasteiger partial charge in [0, 0.05) is 11.9 Å². The zero-order valence-corrected chi connectivity index (χ0v) is 12.1. The Morgan fingerprint density at radius 1 is 1.14 bits per heavy atom. The molecule has 1 saturated heterocycles. The van der Waals surface area contributed by atoms with Crippen molar-refractivity contribution in [1.82, 2.24) is 5.32 Å². The van der Waals surface area contributed by atoms with Gasteiger partial charge in [-0.15, -0.1) is 0 Å². The minimum atomic E-state index is -3.66. The molecule has 5 nitrogen and oxygen atoms in total. The Hall–Kier alpha value is -2.08. The Kier molecular flexibility index (Phi) is 2.53. The van der Waals surface area contributed by atoms with Crippen LogP contribution in [0.15, 0.2) is 41.3 Å². The van der Waals surface area contributed by atoms with Gasteiger partial charge in [0.15, 0.2) is 0 Å². The second-order valence-corrected chi connectivity index (χ2v) is 7.16. The van der Waals surface area contributed by atoms with Crippen molar-refractivity contribution in [2.24, 2.45) is 0 Å². The molecule has 1 N–H and O–H groups in total. The number of anilines is 1. The predicted octanol–water partition coefficient (Wildman–Crippen LogP) is 1.63. The molecule has 2 aliphatic rings. The first-order valence-corrected chi connectivity index (χ1v) is 8.38. The zero-order valence-electron chi connectivity index (χ0n) is 11.2. The standard InChI is InChI=1S/C15H14N2O3S/c18-15-12(7-3-9-16-15)17-11-6-1-4-10-5-2-8-13(14(10)11)21(17,19)20/h1-2,4-6,8,12H,3,7,9H2,(H,16,18). The topological polar surface area (TPSA) is 66.5 Å². The number of piperidine rings is 1. The molecule has 0 saturated carbocycles. The number of nitrogens with one attached hydrogen (secondary N) is 1. The molecule has 1 amide bonds. The summed E-state index contributed by atoms with van der Waals surface area (Å²) in [5.41, 5.74) is 0.616. The van der Waals surface area contributed by atoms with E-state index in [0.717, 1.165) is 17.2 Å². The van der Waals surface area contributed by atoms with E-state index >= 15 is 0 Å². The highest BCUT2D eigenvalue weighted by Crippen LogP contribution is 2.43. The van der Waals surface area contributed by atoms with Gasteiger partial charge in [0.25, 0.3) is 10.0 Å². The summed E-state index contributed by atoms with van der Waals surface area (Å²) in [6.07, 6.45) is 1.34. The van der Waals surface area contributed by atoms with E-state index in [1.165, 1.54) is 4.31 Å². The lowest BCUT2D eigenvalue weighted by atomic mass is 10.0. The lowest BCUT2D eigenvalue weighted by Gasteiger charge is -2.31. The third kappa shape index (κ3) is 1.62. The lowest BCUT2D eigenvalue weighted by Crippen LogP contribution is -2.51. The van der Waals surface area contributed by atoms with Crippen molar-refractivity contribution in [2.75, 3.05) is 10.8 Å². The minimum absolute atomic E-state index is 0.213. The highest BCUT2D eigenvalue weighted by molar-refractivity contribution is 7.93. The van der Waals surface area contributed by atoms with E-state index in [1.54, 1.807) is 18.2 Å². The summed E-state index contributed by atoms with van der Waals surface area (Å²) < 4.78 is 27.0. The minimum Gasteiger partial charge on any atom is -0.354 e. The summed E-state index contributed by atoms with van der Waals surface area (Å²) in [5, 5.41) is 4.36. The predicted molar refractivity (Wildman–Crippen MR) is 79.6 cm³/mol. The molecule has 0 bridgehead atoms. The van der Waals surface area contributed by atoms with E-state index in [9.17, 15) is 13.2 Å². The van der Waals surface area contributed by atoms with Gasteiger partial charge in [-0.2, -0.15) is 0 Å². The fraction of sp³-hybridized carbons (Fsp3) is 0.267. The Balaban J connectivity index is 1.99. The SMILES string of the molecule is O=C1NCCCC1N1c2cccc3cccc(c23)S1(=O)=O. The molecule has 2 aromatic carbocycles. The van der Waals surface area contributed by atoms with E-state index in [-0.39, 0.29) is 5.91 Å². The van der Waals surface area contributed by atoms with Gasteiger partial charge in [-0.3, -0.25) is 9.10 Å². The first kappa shape index (κ1) is 12.6. The quantitative estimate of drug-likeness (QED) is 0.870. The van der Waals surface area contributed by atoms with Crippen LogP contribution in [0.25, 0.3) is 10.8 Å². The molecule has 21 heavy (non-hydrogen) atoms. The largest absolute Gasteiger partial charge is 0.354 e. The number of rotatable bonds is 1. The molecule has 1 fully saturated rings. The van der Waals surface area contributed by atoms with Crippen LogP contribution in [0.1, 0.15) is 12.8 Å². The Bertz CT molecular complexity index is 855. The lowest BCUT2D eigenvalue weighted by molar-refractivity contribution is -0.123. The molecule has 1 atom stereocenters. The number of sulfonamides is 1. The molecule has 4 rings (SSSR count). The number of nitrogens with zero attached hydrogens (tertiary/aromatic N) is 1. The number of hydrogen-bond donors (Lipinski definition) is 1. The van der Waals surface area contributed by atoms with Crippen molar-refractivity contribution >= 4 is 32.4 Å². The average molecular weight is 302 g/mol. The smallest absolute Gasteiger partial charge is 0.265 e. The second kappa shape index (κ2) is 4.21. The van der Waals surface area contributed by atoms with Gasteiger partial charge in [-0.05, 0) is 30.4 Å². The fourth-order valence-electron chi connectivity index (χ4n) is 3.24. The molecular weight excluding hydrogens is 288 g/mol. The third-order valence-corrected chi connectivity index (χ3v) is 6.02. The van der Waals surface area contributed by atoms with E-state index in [4.69, 9.17) is 0 Å². The Morgan fingerprint density at radius 3 is 2.67 bits per heavy atom. The molecule has 2 aromatic rings. The van der Waals surface area contributed by atoms with E-state index in [2.05, 4.69) is 5.32 Å². The van der Waals surface area contributed by atoms with Gasteiger partial charge in [-0.25, -0.2) is 8.42 Å². The molecule has 0 aromatic heterocycles. The third-order valence-electron chi connectivity index (χ3n) is 4.16. The summed E-state index contributed by atoms with van der Waals surface area (Å²) in [4.78, 5) is 12.4. The zero-order chi connectivity index (χ0) is 14.6. The molecule has 108 valence electrons. The van der Waals surface area contributed by atoms with Gasteiger partial charge >= 0.3 is 0 Å². The number of amides is 1. The summed E-state index contributed by atoms with van der Waals surface area (Å²) in [7, 11) is -3.66. The molecule has 0 aliphatic carbocycles. The summed E-state index contributed by atoms with van der Waals surface area (Å²) >= 11 is 0. The van der Waals surface area contributed by atoms with Gasteiger partial charge in [-0.1, -0.05) is 24.3 Å². The summed E-state index contributed by atoms with van der Waals surface area (Å²) in [5.74, 6) is -0.213. The van der Waals surface area contributed by atoms with Crippen LogP contribution in [-0.2, 0) is 14.8 Å². The maximum Gasteiger partial charge on any atom is 0.265 e. The van der Waals surface area contributed by atoms with Crippen LogP contribution in [0.4, 0.5) is 5.69 Å². The highest BCUT2D eigenvalue weighted by Gasteiger charge is 2.43. The van der Waals surface area contributed by atoms with Crippen molar-refractivity contribution in [3.63, 3.8) is 0 Å². The Morgan fingerprint density at radius 2 is 1.90 bits per heavy atom. The summed E-state index contributed by atoms with van der Waals surface area (Å²) in [6.45, 7) is 0.611. The van der Waals surface area contributed by atoms with Crippen LogP contribution >= 0.6 is 0 Å². The highest BCUT2D eigenvalue weighted by atomic mass is 32.2. The van der Waals surface area contributed by atoms with Crippen molar-refractivity contribution in [3.05, 3.63) is 36.4 Å². The van der Waals surface area contributed by atoms with Crippen molar-refractivity contribution in [3.8, 4) is 0 Å². The molecule has 0 radical (unpaired) electrons. The van der Waals surface area contributed by atoms with Crippen molar-refractivity contribution in [1.29, 1.82) is 0 Å². The van der Waals surface area contributed by atoms with Gasteiger partial charge in [0.2, 0.25) is 5.91 Å². The number of benzene rings is 2. The normalized spacial score (nSPS) is 23.3. The number of carbonyl (C=O) groups is 1. The first-order valence-electron chi connectivity index (χ1n) is 6.94. The van der Waals surface area contributed by atoms with Crippen LogP contribution in [0, 0.1) is 0 Å². The van der Waals surface area contributed by atoms with Crippen molar-refractivity contribution in [2.45, 2.75) is 23.8 Å². The number of hydrogen-bond acceptors (Lipinski definition) is 3. The average Bonchev–Trinajstić information content (AvgIpc) is 2.71. The van der Waals surface area contributed by atoms with Gasteiger partial charge < -0.3 is 5.32 Å². The maximum absolute atomic E-state index is 12.9. The van der Waals surface area contributed by atoms with Gasteiger partial charge in [0.05, 0.1) is 10.6 Å². The van der Waals surface area contributed by atoms with Crippen LogP contribution in [0.2, 0.25) is 0 Å². The van der Waals surface area contributed by atoms with Gasteiger partial charge in [0.1, 0.15) is 6.04 Å². The van der Waals surface area contributed by atoms with Crippen molar-refractivity contribution < 1.29 is 13.2 Å². The second-order valence-electron chi connectivity index (χ2n) is 5.38. The Labute approximate surface area is 122 Å². The van der Waals surface area contributed by atoms with E-state index in [0.29, 0.717) is 23.5 Å². The monoisotopic (exact) mass is 302 g/mol. The van der Waals surface area contributed by atoms with Crippen LogP contribution < -0.4 is 9.62 Å². The molecule has 2 heterocycles. The molecule has 2 aliphatic heterocycles. The molecule has 1 unspecified atom stereocenters. The van der Waals surface area contributed by atoms with Crippen LogP contribution in [-0.4, -0.2) is 26.9 Å². The molecule has 0 spiro atoms. The summed E-state index contributed by atoms with van der Waals surface area (Å²) in [6, 6.07) is 10.1. The van der Waals surface area contributed by atoms with E-state index in [1.807, 2.05) is 18.2 Å². The van der Waals surface area contributed by atoms with E-state index < -0.39 is 16.1 Å². The van der Waals surface area contributed by atoms with Crippen LogP contribution in [0.5, 0.6) is 0 Å². The fourth-order valence-corrected chi connectivity index (χ4v) is 5.13.